The predicted molar refractivity (Wildman–Crippen MR) is 136 cm³/mol. The molecule has 1 aliphatic heterocycles. The maximum atomic E-state index is 13.0. The molecule has 0 atom stereocenters. The minimum Gasteiger partial charge on any atom is -0.493 e. The van der Waals surface area contributed by atoms with Crippen LogP contribution in [0.3, 0.4) is 0 Å². The topological polar surface area (TPSA) is 58.6 Å². The number of thiophene rings is 1. The lowest BCUT2D eigenvalue weighted by atomic mass is 10.0. The van der Waals surface area contributed by atoms with E-state index in [1.165, 1.54) is 21.8 Å². The molecule has 5 rings (SSSR count). The second-order valence-electron chi connectivity index (χ2n) is 8.16. The third-order valence-electron chi connectivity index (χ3n) is 5.98. The van der Waals surface area contributed by atoms with Crippen LogP contribution in [-0.4, -0.2) is 25.5 Å². The molecule has 0 aliphatic carbocycles. The highest BCUT2D eigenvalue weighted by Crippen LogP contribution is 2.30. The average Bonchev–Trinajstić information content (AvgIpc) is 3.59. The number of carbonyl (C=O) groups is 2. The molecule has 0 unspecified atom stereocenters. The smallest absolute Gasteiger partial charge is 0.268 e. The van der Waals surface area contributed by atoms with Crippen molar-refractivity contribution in [2.45, 2.75) is 13.0 Å². The molecule has 1 N–H and O–H groups in total. The molecular formula is C28H24N2O3S. The number of rotatable bonds is 6. The van der Waals surface area contributed by atoms with E-state index in [0.29, 0.717) is 22.7 Å². The molecule has 2 amide bonds. The van der Waals surface area contributed by atoms with Crippen molar-refractivity contribution in [1.29, 1.82) is 0 Å². The standard InChI is InChI=1S/C28H24N2O3S/c1-30(28(32)26-7-4-16-34-26)24-6-3-2-5-23(24)27(31)29-18-19-8-10-20(11-9-19)21-12-13-25-22(17-21)14-15-33-25/h2-13,16-17H,14-15,18H2,1H3,(H,29,31). The molecule has 4 aromatic rings. The molecule has 3 aromatic carbocycles. The summed E-state index contributed by atoms with van der Waals surface area (Å²) in [6.07, 6.45) is 0.947. The number of anilines is 1. The van der Waals surface area contributed by atoms with Crippen molar-refractivity contribution in [3.05, 3.63) is 106 Å². The Kier molecular flexibility index (Phi) is 6.14. The first-order valence-electron chi connectivity index (χ1n) is 11.1. The second-order valence-corrected chi connectivity index (χ2v) is 9.11. The summed E-state index contributed by atoms with van der Waals surface area (Å²) in [7, 11) is 1.69. The number of nitrogens with one attached hydrogen (secondary N) is 1. The average molecular weight is 469 g/mol. The Balaban J connectivity index is 1.26. The van der Waals surface area contributed by atoms with Gasteiger partial charge in [-0.2, -0.15) is 0 Å². The lowest BCUT2D eigenvalue weighted by molar-refractivity contribution is 0.0951. The largest absolute Gasteiger partial charge is 0.493 e. The molecule has 0 saturated carbocycles. The molecule has 0 radical (unpaired) electrons. The fourth-order valence-corrected chi connectivity index (χ4v) is 4.79. The number of benzene rings is 3. The van der Waals surface area contributed by atoms with Crippen molar-refractivity contribution < 1.29 is 14.3 Å². The van der Waals surface area contributed by atoms with Gasteiger partial charge in [0.15, 0.2) is 0 Å². The van der Waals surface area contributed by atoms with Gasteiger partial charge in [-0.3, -0.25) is 9.59 Å². The van der Waals surface area contributed by atoms with Gasteiger partial charge in [0.05, 0.1) is 22.7 Å². The highest BCUT2D eigenvalue weighted by Gasteiger charge is 2.20. The molecule has 1 aliphatic rings. The van der Waals surface area contributed by atoms with Crippen LogP contribution in [-0.2, 0) is 13.0 Å². The number of amides is 2. The SMILES string of the molecule is CN(C(=O)c1cccs1)c1ccccc1C(=O)NCc1ccc(-c2ccc3c(c2)CCO3)cc1. The molecule has 0 spiro atoms. The summed E-state index contributed by atoms with van der Waals surface area (Å²) in [6.45, 7) is 1.15. The predicted octanol–water partition coefficient (Wildman–Crippen LogP) is 5.56. The molecule has 0 saturated heterocycles. The quantitative estimate of drug-likeness (QED) is 0.403. The van der Waals surface area contributed by atoms with E-state index in [2.05, 4.69) is 29.6 Å². The van der Waals surface area contributed by atoms with Crippen LogP contribution in [0.1, 0.15) is 31.2 Å². The molecule has 0 fully saturated rings. The Morgan fingerprint density at radius 2 is 1.76 bits per heavy atom. The number of hydrogen-bond acceptors (Lipinski definition) is 4. The number of ether oxygens (including phenoxy) is 1. The van der Waals surface area contributed by atoms with Crippen LogP contribution in [0.5, 0.6) is 5.75 Å². The van der Waals surface area contributed by atoms with Crippen LogP contribution in [0.4, 0.5) is 5.69 Å². The van der Waals surface area contributed by atoms with Gasteiger partial charge < -0.3 is 15.0 Å². The fraction of sp³-hybridized carbons (Fsp3) is 0.143. The molecule has 2 heterocycles. The van der Waals surface area contributed by atoms with Gasteiger partial charge in [-0.1, -0.05) is 48.5 Å². The third kappa shape index (κ3) is 4.45. The Labute approximate surface area is 202 Å². The summed E-state index contributed by atoms with van der Waals surface area (Å²) < 4.78 is 5.59. The van der Waals surface area contributed by atoms with Crippen molar-refractivity contribution in [3.63, 3.8) is 0 Å². The molecule has 0 bridgehead atoms. The van der Waals surface area contributed by atoms with Gasteiger partial charge >= 0.3 is 0 Å². The maximum Gasteiger partial charge on any atom is 0.268 e. The summed E-state index contributed by atoms with van der Waals surface area (Å²) in [6, 6.07) is 25.3. The first-order valence-corrected chi connectivity index (χ1v) is 12.0. The molecule has 34 heavy (non-hydrogen) atoms. The van der Waals surface area contributed by atoms with Crippen molar-refractivity contribution >= 4 is 28.8 Å². The number of nitrogens with zero attached hydrogens (tertiary/aromatic N) is 1. The highest BCUT2D eigenvalue weighted by molar-refractivity contribution is 7.12. The highest BCUT2D eigenvalue weighted by atomic mass is 32.1. The van der Waals surface area contributed by atoms with Crippen LogP contribution < -0.4 is 15.0 Å². The Morgan fingerprint density at radius 1 is 0.971 bits per heavy atom. The molecule has 170 valence electrons. The van der Waals surface area contributed by atoms with Gasteiger partial charge in [0.25, 0.3) is 11.8 Å². The van der Waals surface area contributed by atoms with Crippen molar-refractivity contribution in [3.8, 4) is 16.9 Å². The van der Waals surface area contributed by atoms with E-state index in [-0.39, 0.29) is 11.8 Å². The molecule has 6 heteroatoms. The van der Waals surface area contributed by atoms with Crippen molar-refractivity contribution in [2.75, 3.05) is 18.6 Å². The van der Waals surface area contributed by atoms with E-state index in [1.807, 2.05) is 35.7 Å². The van der Waals surface area contributed by atoms with Gasteiger partial charge in [-0.05, 0) is 58.0 Å². The van der Waals surface area contributed by atoms with Crippen LogP contribution in [0.2, 0.25) is 0 Å². The zero-order valence-corrected chi connectivity index (χ0v) is 19.6. The Morgan fingerprint density at radius 3 is 2.56 bits per heavy atom. The van der Waals surface area contributed by atoms with Crippen LogP contribution in [0.25, 0.3) is 11.1 Å². The van der Waals surface area contributed by atoms with Crippen LogP contribution in [0, 0.1) is 0 Å². The normalized spacial score (nSPS) is 12.0. The lowest BCUT2D eigenvalue weighted by Crippen LogP contribution is -2.30. The van der Waals surface area contributed by atoms with Gasteiger partial charge in [0.2, 0.25) is 0 Å². The number of para-hydroxylation sites is 1. The van der Waals surface area contributed by atoms with Gasteiger partial charge in [0.1, 0.15) is 5.75 Å². The van der Waals surface area contributed by atoms with E-state index < -0.39 is 0 Å². The lowest BCUT2D eigenvalue weighted by Gasteiger charge is -2.20. The zero-order chi connectivity index (χ0) is 23.5. The van der Waals surface area contributed by atoms with E-state index in [1.54, 1.807) is 31.3 Å². The molecular weight excluding hydrogens is 444 g/mol. The summed E-state index contributed by atoms with van der Waals surface area (Å²) in [4.78, 5) is 27.9. The van der Waals surface area contributed by atoms with E-state index in [9.17, 15) is 9.59 Å². The zero-order valence-electron chi connectivity index (χ0n) is 18.8. The van der Waals surface area contributed by atoms with E-state index in [0.717, 1.165) is 35.5 Å². The molecule has 5 nitrogen and oxygen atoms in total. The third-order valence-corrected chi connectivity index (χ3v) is 6.83. The second kappa shape index (κ2) is 9.53. The first kappa shape index (κ1) is 21.9. The number of hydrogen-bond donors (Lipinski definition) is 1. The monoisotopic (exact) mass is 468 g/mol. The molecule has 1 aromatic heterocycles. The van der Waals surface area contributed by atoms with Crippen molar-refractivity contribution in [2.24, 2.45) is 0 Å². The summed E-state index contributed by atoms with van der Waals surface area (Å²) in [5, 5.41) is 4.85. The van der Waals surface area contributed by atoms with Gasteiger partial charge in [-0.15, -0.1) is 11.3 Å². The van der Waals surface area contributed by atoms with Crippen molar-refractivity contribution in [1.82, 2.24) is 5.32 Å². The van der Waals surface area contributed by atoms with Gasteiger partial charge in [0, 0.05) is 20.0 Å². The number of fused-ring (bicyclic) bond motifs is 1. The van der Waals surface area contributed by atoms with Crippen LogP contribution >= 0.6 is 11.3 Å². The number of carbonyl (C=O) groups excluding carboxylic acids is 2. The van der Waals surface area contributed by atoms with E-state index >= 15 is 0 Å². The van der Waals surface area contributed by atoms with Crippen LogP contribution in [0.15, 0.2) is 84.2 Å². The van der Waals surface area contributed by atoms with E-state index in [4.69, 9.17) is 4.74 Å². The minimum absolute atomic E-state index is 0.135. The first-order chi connectivity index (χ1) is 16.6. The van der Waals surface area contributed by atoms with Gasteiger partial charge in [-0.25, -0.2) is 0 Å². The fourth-order valence-electron chi connectivity index (χ4n) is 4.09. The maximum absolute atomic E-state index is 13.0. The summed E-state index contributed by atoms with van der Waals surface area (Å²) >= 11 is 1.38. The summed E-state index contributed by atoms with van der Waals surface area (Å²) in [5.41, 5.74) is 5.58. The Hall–Kier alpha value is -3.90. The summed E-state index contributed by atoms with van der Waals surface area (Å²) in [5.74, 6) is 0.624. The minimum atomic E-state index is -0.218. The Bertz CT molecular complexity index is 1330.